The van der Waals surface area contributed by atoms with Crippen molar-refractivity contribution in [2.24, 2.45) is 5.92 Å². The standard InChI is InChI=1S/C22H25ClN4O3/c23-17-4-7-19(8-5-17)30-15-21(28)25-18-6-9-20(24-14-18)26-10-1-11-27(13-12-26)22(29)16-2-3-16/h4-9,14,16H,1-3,10-13,15H2,(H,25,28). The zero-order chi connectivity index (χ0) is 20.9. The molecule has 2 aromatic rings. The molecule has 0 spiro atoms. The number of hydrogen-bond donors (Lipinski definition) is 1. The number of carbonyl (C=O) groups excluding carboxylic acids is 2. The Bertz CT molecular complexity index is 884. The molecule has 2 fully saturated rings. The minimum Gasteiger partial charge on any atom is -0.484 e. The Hall–Kier alpha value is -2.80. The molecule has 1 saturated carbocycles. The van der Waals surface area contributed by atoms with Crippen LogP contribution in [0.5, 0.6) is 5.75 Å². The molecule has 0 atom stereocenters. The molecule has 30 heavy (non-hydrogen) atoms. The summed E-state index contributed by atoms with van der Waals surface area (Å²) in [6.07, 6.45) is 4.66. The van der Waals surface area contributed by atoms with Crippen molar-refractivity contribution < 1.29 is 14.3 Å². The van der Waals surface area contributed by atoms with Crippen LogP contribution in [0.4, 0.5) is 11.5 Å². The van der Waals surface area contributed by atoms with Gasteiger partial charge in [0.05, 0.1) is 11.9 Å². The van der Waals surface area contributed by atoms with Crippen LogP contribution in [0.25, 0.3) is 0 Å². The van der Waals surface area contributed by atoms with Crippen LogP contribution in [0.15, 0.2) is 42.6 Å². The Morgan fingerprint density at radius 3 is 2.57 bits per heavy atom. The van der Waals surface area contributed by atoms with Gasteiger partial charge >= 0.3 is 0 Å². The highest BCUT2D eigenvalue weighted by Gasteiger charge is 2.34. The molecule has 0 radical (unpaired) electrons. The van der Waals surface area contributed by atoms with E-state index >= 15 is 0 Å². The fourth-order valence-electron chi connectivity index (χ4n) is 3.48. The number of carbonyl (C=O) groups is 2. The van der Waals surface area contributed by atoms with Crippen molar-refractivity contribution in [2.75, 3.05) is 43.0 Å². The molecule has 1 aromatic heterocycles. The maximum absolute atomic E-state index is 12.3. The van der Waals surface area contributed by atoms with E-state index in [9.17, 15) is 9.59 Å². The lowest BCUT2D eigenvalue weighted by atomic mass is 10.3. The molecule has 1 aliphatic heterocycles. The highest BCUT2D eigenvalue weighted by molar-refractivity contribution is 6.30. The molecule has 0 unspecified atom stereocenters. The number of rotatable bonds is 6. The van der Waals surface area contributed by atoms with Gasteiger partial charge in [0.25, 0.3) is 5.91 Å². The number of aromatic nitrogens is 1. The van der Waals surface area contributed by atoms with Gasteiger partial charge in [-0.25, -0.2) is 4.98 Å². The number of ether oxygens (including phenoxy) is 1. The van der Waals surface area contributed by atoms with Gasteiger partial charge in [-0.05, 0) is 55.7 Å². The van der Waals surface area contributed by atoms with E-state index in [0.29, 0.717) is 22.4 Å². The maximum atomic E-state index is 12.3. The molecule has 8 heteroatoms. The molecule has 7 nitrogen and oxygen atoms in total. The molecule has 0 bridgehead atoms. The first-order valence-electron chi connectivity index (χ1n) is 10.3. The van der Waals surface area contributed by atoms with Crippen molar-refractivity contribution in [1.82, 2.24) is 9.88 Å². The average molecular weight is 429 g/mol. The number of halogens is 1. The summed E-state index contributed by atoms with van der Waals surface area (Å²) < 4.78 is 5.45. The first-order chi connectivity index (χ1) is 14.6. The number of amides is 2. The van der Waals surface area contributed by atoms with E-state index in [1.807, 2.05) is 17.0 Å². The monoisotopic (exact) mass is 428 g/mol. The Morgan fingerprint density at radius 2 is 1.87 bits per heavy atom. The maximum Gasteiger partial charge on any atom is 0.262 e. The van der Waals surface area contributed by atoms with Crippen molar-refractivity contribution in [3.63, 3.8) is 0 Å². The molecule has 1 aromatic carbocycles. The Kier molecular flexibility index (Phi) is 6.38. The lowest BCUT2D eigenvalue weighted by Crippen LogP contribution is -2.36. The summed E-state index contributed by atoms with van der Waals surface area (Å²) in [6.45, 7) is 3.08. The molecular formula is C22H25ClN4O3. The van der Waals surface area contributed by atoms with Crippen molar-refractivity contribution in [1.29, 1.82) is 0 Å². The van der Waals surface area contributed by atoms with E-state index in [2.05, 4.69) is 15.2 Å². The summed E-state index contributed by atoms with van der Waals surface area (Å²) in [6, 6.07) is 10.6. The molecule has 1 N–H and O–H groups in total. The largest absolute Gasteiger partial charge is 0.484 e. The summed E-state index contributed by atoms with van der Waals surface area (Å²) in [5.41, 5.74) is 0.615. The van der Waals surface area contributed by atoms with E-state index in [0.717, 1.165) is 51.3 Å². The minimum atomic E-state index is -0.261. The van der Waals surface area contributed by atoms with Crippen LogP contribution < -0.4 is 15.0 Å². The first kappa shape index (κ1) is 20.5. The van der Waals surface area contributed by atoms with Crippen LogP contribution in [-0.4, -0.2) is 54.5 Å². The summed E-state index contributed by atoms with van der Waals surface area (Å²) in [5, 5.41) is 3.40. The van der Waals surface area contributed by atoms with E-state index in [1.54, 1.807) is 30.5 Å². The van der Waals surface area contributed by atoms with Gasteiger partial charge in [0.15, 0.2) is 6.61 Å². The molecular weight excluding hydrogens is 404 g/mol. The van der Waals surface area contributed by atoms with Crippen molar-refractivity contribution in [3.05, 3.63) is 47.6 Å². The first-order valence-corrected chi connectivity index (χ1v) is 10.6. The summed E-state index contributed by atoms with van der Waals surface area (Å²) >= 11 is 5.83. The van der Waals surface area contributed by atoms with Gasteiger partial charge in [0.1, 0.15) is 11.6 Å². The van der Waals surface area contributed by atoms with Gasteiger partial charge < -0.3 is 19.9 Å². The third-order valence-electron chi connectivity index (χ3n) is 5.27. The molecule has 2 heterocycles. The van der Waals surface area contributed by atoms with Gasteiger partial charge in [0, 0.05) is 37.1 Å². The Labute approximate surface area is 181 Å². The van der Waals surface area contributed by atoms with E-state index in [-0.39, 0.29) is 18.4 Å². The molecule has 2 aliphatic rings. The smallest absolute Gasteiger partial charge is 0.262 e. The number of hydrogen-bond acceptors (Lipinski definition) is 5. The predicted molar refractivity (Wildman–Crippen MR) is 116 cm³/mol. The quantitative estimate of drug-likeness (QED) is 0.764. The van der Waals surface area contributed by atoms with E-state index < -0.39 is 0 Å². The minimum absolute atomic E-state index is 0.0969. The van der Waals surface area contributed by atoms with E-state index in [1.165, 1.54) is 0 Å². The lowest BCUT2D eigenvalue weighted by Gasteiger charge is -2.23. The highest BCUT2D eigenvalue weighted by Crippen LogP contribution is 2.31. The van der Waals surface area contributed by atoms with E-state index in [4.69, 9.17) is 16.3 Å². The van der Waals surface area contributed by atoms with Gasteiger partial charge in [-0.1, -0.05) is 11.6 Å². The lowest BCUT2D eigenvalue weighted by molar-refractivity contribution is -0.132. The van der Waals surface area contributed by atoms with Gasteiger partial charge in [0.2, 0.25) is 5.91 Å². The van der Waals surface area contributed by atoms with Crippen molar-refractivity contribution in [2.45, 2.75) is 19.3 Å². The predicted octanol–water partition coefficient (Wildman–Crippen LogP) is 3.20. The fraction of sp³-hybridized carbons (Fsp3) is 0.409. The number of nitrogens with zero attached hydrogens (tertiary/aromatic N) is 3. The van der Waals surface area contributed by atoms with Crippen LogP contribution in [0, 0.1) is 5.92 Å². The molecule has 158 valence electrons. The topological polar surface area (TPSA) is 74.8 Å². The molecule has 1 aliphatic carbocycles. The Morgan fingerprint density at radius 1 is 1.07 bits per heavy atom. The van der Waals surface area contributed by atoms with Crippen molar-refractivity contribution >= 4 is 34.9 Å². The normalized spacial score (nSPS) is 16.7. The molecule has 4 rings (SSSR count). The third kappa shape index (κ3) is 5.42. The Balaban J connectivity index is 1.26. The van der Waals surface area contributed by atoms with Gasteiger partial charge in [-0.2, -0.15) is 0 Å². The molecule has 2 amide bonds. The second kappa shape index (κ2) is 9.34. The van der Waals surface area contributed by atoms with Crippen molar-refractivity contribution in [3.8, 4) is 5.75 Å². The summed E-state index contributed by atoms with van der Waals surface area (Å²) in [5.74, 6) is 1.75. The SMILES string of the molecule is O=C(COc1ccc(Cl)cc1)Nc1ccc(N2CCCN(C(=O)C3CC3)CC2)nc1. The molecule has 1 saturated heterocycles. The van der Waals surface area contributed by atoms with Crippen LogP contribution in [0.3, 0.4) is 0 Å². The van der Waals surface area contributed by atoms with Gasteiger partial charge in [-0.15, -0.1) is 0 Å². The van der Waals surface area contributed by atoms with Crippen LogP contribution in [-0.2, 0) is 9.59 Å². The second-order valence-corrected chi connectivity index (χ2v) is 8.07. The number of anilines is 2. The van der Waals surface area contributed by atoms with Crippen LogP contribution in [0.2, 0.25) is 5.02 Å². The summed E-state index contributed by atoms with van der Waals surface area (Å²) in [4.78, 5) is 33.1. The number of pyridine rings is 1. The fourth-order valence-corrected chi connectivity index (χ4v) is 3.61. The summed E-state index contributed by atoms with van der Waals surface area (Å²) in [7, 11) is 0. The second-order valence-electron chi connectivity index (χ2n) is 7.64. The third-order valence-corrected chi connectivity index (χ3v) is 5.53. The van der Waals surface area contributed by atoms with Gasteiger partial charge in [-0.3, -0.25) is 9.59 Å². The highest BCUT2D eigenvalue weighted by atomic mass is 35.5. The zero-order valence-corrected chi connectivity index (χ0v) is 17.5. The number of nitrogens with one attached hydrogen (secondary N) is 1. The van der Waals surface area contributed by atoms with Crippen LogP contribution >= 0.6 is 11.6 Å². The van der Waals surface area contributed by atoms with Crippen LogP contribution in [0.1, 0.15) is 19.3 Å². The average Bonchev–Trinajstić information content (AvgIpc) is 3.61. The zero-order valence-electron chi connectivity index (χ0n) is 16.7. The number of benzene rings is 1.